The van der Waals surface area contributed by atoms with Gasteiger partial charge in [-0.3, -0.25) is 4.79 Å². The van der Waals surface area contributed by atoms with E-state index in [2.05, 4.69) is 29.4 Å². The number of rotatable bonds is 9. The summed E-state index contributed by atoms with van der Waals surface area (Å²) in [6.45, 7) is 3.02. The molecule has 0 fully saturated rings. The molecule has 3 N–H and O–H groups in total. The molecule has 0 aliphatic heterocycles. The highest BCUT2D eigenvalue weighted by Crippen LogP contribution is 2.20. The molecule has 1 atom stereocenters. The molecule has 0 spiro atoms. The molecule has 1 aromatic heterocycles. The Hall–Kier alpha value is -3.57. The van der Waals surface area contributed by atoms with Gasteiger partial charge >= 0.3 is 5.97 Å². The lowest BCUT2D eigenvalue weighted by Gasteiger charge is -2.15. The third-order valence-electron chi connectivity index (χ3n) is 5.50. The number of aryl methyl sites for hydroxylation is 1. The van der Waals surface area contributed by atoms with Crippen LogP contribution >= 0.6 is 0 Å². The van der Waals surface area contributed by atoms with Crippen molar-refractivity contribution in [2.24, 2.45) is 0 Å². The summed E-state index contributed by atoms with van der Waals surface area (Å²) in [7, 11) is 0. The molecule has 0 saturated carbocycles. The summed E-state index contributed by atoms with van der Waals surface area (Å²) in [5.41, 5.74) is 5.33. The number of carbonyl (C=O) groups is 1. The van der Waals surface area contributed by atoms with Gasteiger partial charge in [0.1, 0.15) is 18.4 Å². The third-order valence-corrected chi connectivity index (χ3v) is 5.50. The van der Waals surface area contributed by atoms with Crippen LogP contribution in [0, 0.1) is 6.92 Å². The highest BCUT2D eigenvalue weighted by atomic mass is 16.5. The number of hydrogen-bond donors (Lipinski definition) is 3. The van der Waals surface area contributed by atoms with E-state index in [9.17, 15) is 9.90 Å². The molecule has 4 aromatic rings. The van der Waals surface area contributed by atoms with E-state index in [1.54, 1.807) is 0 Å². The summed E-state index contributed by atoms with van der Waals surface area (Å²) in [4.78, 5) is 15.1. The van der Waals surface area contributed by atoms with E-state index in [0.717, 1.165) is 33.3 Å². The number of fused-ring (bicyclic) bond motifs is 1. The number of H-pyrrole nitrogens is 1. The summed E-state index contributed by atoms with van der Waals surface area (Å²) in [5.74, 6) is -0.0942. The molecule has 31 heavy (non-hydrogen) atoms. The molecule has 1 heterocycles. The van der Waals surface area contributed by atoms with Crippen molar-refractivity contribution in [2.75, 3.05) is 0 Å². The standard InChI is InChI=1S/C26H26N2O3/c1-18-7-2-3-9-20(18)17-31-22-10-6-8-19(13-22)15-27-25(26(29)30)14-21-16-28-24-12-5-4-11-23(21)24/h2-13,16,25,27-28H,14-15,17H2,1H3,(H,29,30)/t25-/m1/s1. The van der Waals surface area contributed by atoms with Crippen LogP contribution in [0.5, 0.6) is 5.75 Å². The van der Waals surface area contributed by atoms with Crippen molar-refractivity contribution in [3.8, 4) is 5.75 Å². The maximum absolute atomic E-state index is 11.8. The Morgan fingerprint density at radius 3 is 2.68 bits per heavy atom. The van der Waals surface area contributed by atoms with E-state index >= 15 is 0 Å². The molecule has 5 nitrogen and oxygen atoms in total. The lowest BCUT2D eigenvalue weighted by atomic mass is 10.0. The highest BCUT2D eigenvalue weighted by molar-refractivity contribution is 5.84. The number of aromatic amines is 1. The van der Waals surface area contributed by atoms with Crippen LogP contribution in [0.4, 0.5) is 0 Å². The summed E-state index contributed by atoms with van der Waals surface area (Å²) in [6.07, 6.45) is 2.30. The number of aromatic nitrogens is 1. The molecule has 0 unspecified atom stereocenters. The average Bonchev–Trinajstić information content (AvgIpc) is 3.19. The van der Waals surface area contributed by atoms with Crippen molar-refractivity contribution in [1.82, 2.24) is 10.3 Å². The number of nitrogens with one attached hydrogen (secondary N) is 2. The lowest BCUT2D eigenvalue weighted by Crippen LogP contribution is -2.38. The van der Waals surface area contributed by atoms with Crippen molar-refractivity contribution >= 4 is 16.9 Å². The topological polar surface area (TPSA) is 74.3 Å². The van der Waals surface area contributed by atoms with E-state index < -0.39 is 12.0 Å². The summed E-state index contributed by atoms with van der Waals surface area (Å²) >= 11 is 0. The normalized spacial score (nSPS) is 12.0. The number of benzene rings is 3. The van der Waals surface area contributed by atoms with Gasteiger partial charge in [0.15, 0.2) is 0 Å². The first-order valence-electron chi connectivity index (χ1n) is 10.4. The number of carboxylic acid groups (broad SMARTS) is 1. The monoisotopic (exact) mass is 414 g/mol. The van der Waals surface area contributed by atoms with Gasteiger partial charge in [-0.1, -0.05) is 54.6 Å². The Bertz CT molecular complexity index is 1180. The van der Waals surface area contributed by atoms with E-state index in [4.69, 9.17) is 4.74 Å². The first-order valence-corrected chi connectivity index (χ1v) is 10.4. The van der Waals surface area contributed by atoms with Gasteiger partial charge in [-0.25, -0.2) is 0 Å². The fourth-order valence-electron chi connectivity index (χ4n) is 3.69. The highest BCUT2D eigenvalue weighted by Gasteiger charge is 2.19. The molecular weight excluding hydrogens is 388 g/mol. The molecule has 158 valence electrons. The quantitative estimate of drug-likeness (QED) is 0.366. The second-order valence-corrected chi connectivity index (χ2v) is 7.70. The molecule has 0 aliphatic carbocycles. The average molecular weight is 415 g/mol. The van der Waals surface area contributed by atoms with Gasteiger partial charge < -0.3 is 20.1 Å². The van der Waals surface area contributed by atoms with Crippen LogP contribution in [-0.2, 0) is 24.4 Å². The molecule has 0 aliphatic rings. The van der Waals surface area contributed by atoms with Gasteiger partial charge in [-0.2, -0.15) is 0 Å². The molecule has 0 saturated heterocycles. The second-order valence-electron chi connectivity index (χ2n) is 7.70. The van der Waals surface area contributed by atoms with Crippen molar-refractivity contribution < 1.29 is 14.6 Å². The fraction of sp³-hybridized carbons (Fsp3) is 0.192. The lowest BCUT2D eigenvalue weighted by molar-refractivity contribution is -0.139. The van der Waals surface area contributed by atoms with Gasteiger partial charge in [0.2, 0.25) is 0 Å². The zero-order valence-corrected chi connectivity index (χ0v) is 17.5. The molecule has 4 rings (SSSR count). The third kappa shape index (κ3) is 5.13. The predicted molar refractivity (Wildman–Crippen MR) is 122 cm³/mol. The van der Waals surface area contributed by atoms with Crippen molar-refractivity contribution in [2.45, 2.75) is 32.5 Å². The first kappa shape index (κ1) is 20.7. The van der Waals surface area contributed by atoms with Crippen LogP contribution in [0.2, 0.25) is 0 Å². The SMILES string of the molecule is Cc1ccccc1COc1cccc(CN[C@H](Cc2c[nH]c3ccccc23)C(=O)O)c1. The smallest absolute Gasteiger partial charge is 0.321 e. The maximum atomic E-state index is 11.8. The van der Waals surface area contributed by atoms with Gasteiger partial charge in [0, 0.05) is 30.1 Å². The molecular formula is C26H26N2O3. The van der Waals surface area contributed by atoms with E-state index in [1.165, 1.54) is 5.56 Å². The zero-order valence-electron chi connectivity index (χ0n) is 17.5. The fourth-order valence-corrected chi connectivity index (χ4v) is 3.69. The van der Waals surface area contributed by atoms with Crippen LogP contribution in [0.1, 0.15) is 22.3 Å². The Morgan fingerprint density at radius 1 is 1.03 bits per heavy atom. The van der Waals surface area contributed by atoms with Gasteiger partial charge in [0.25, 0.3) is 0 Å². The molecule has 0 radical (unpaired) electrons. The molecule has 0 bridgehead atoms. The first-order chi connectivity index (χ1) is 15.1. The molecule has 0 amide bonds. The largest absolute Gasteiger partial charge is 0.489 e. The van der Waals surface area contributed by atoms with Gasteiger partial charge in [-0.05, 0) is 47.4 Å². The number of aliphatic carboxylic acids is 1. The number of ether oxygens (including phenoxy) is 1. The molecule has 5 heteroatoms. The summed E-state index contributed by atoms with van der Waals surface area (Å²) in [6, 6.07) is 23.2. The molecule has 3 aromatic carbocycles. The van der Waals surface area contributed by atoms with E-state index in [0.29, 0.717) is 19.6 Å². The van der Waals surface area contributed by atoms with E-state index in [-0.39, 0.29) is 0 Å². The van der Waals surface area contributed by atoms with Crippen molar-refractivity contribution in [1.29, 1.82) is 0 Å². The van der Waals surface area contributed by atoms with Crippen molar-refractivity contribution in [3.63, 3.8) is 0 Å². The summed E-state index contributed by atoms with van der Waals surface area (Å²) < 4.78 is 5.95. The van der Waals surface area contributed by atoms with Crippen LogP contribution < -0.4 is 10.1 Å². The van der Waals surface area contributed by atoms with Crippen LogP contribution in [0.15, 0.2) is 79.0 Å². The predicted octanol–water partition coefficient (Wildman–Crippen LogP) is 4.84. The number of para-hydroxylation sites is 1. The van der Waals surface area contributed by atoms with Gasteiger partial charge in [-0.15, -0.1) is 0 Å². The van der Waals surface area contributed by atoms with Crippen LogP contribution in [-0.4, -0.2) is 22.1 Å². The Labute approximate surface area is 181 Å². The Morgan fingerprint density at radius 2 is 1.84 bits per heavy atom. The van der Waals surface area contributed by atoms with E-state index in [1.807, 2.05) is 66.9 Å². The Balaban J connectivity index is 1.39. The minimum absolute atomic E-state index is 0.406. The second kappa shape index (κ2) is 9.49. The number of hydrogen-bond acceptors (Lipinski definition) is 3. The minimum Gasteiger partial charge on any atom is -0.489 e. The maximum Gasteiger partial charge on any atom is 0.321 e. The zero-order chi connectivity index (χ0) is 21.6. The van der Waals surface area contributed by atoms with Crippen LogP contribution in [0.25, 0.3) is 10.9 Å². The minimum atomic E-state index is -0.864. The van der Waals surface area contributed by atoms with Gasteiger partial charge in [0.05, 0.1) is 0 Å². The Kier molecular flexibility index (Phi) is 6.34. The van der Waals surface area contributed by atoms with Crippen molar-refractivity contribution in [3.05, 3.63) is 101 Å². The number of carboxylic acids is 1. The van der Waals surface area contributed by atoms with Crippen LogP contribution in [0.3, 0.4) is 0 Å². The summed E-state index contributed by atoms with van der Waals surface area (Å²) in [5, 5.41) is 14.0.